The molecule has 1 amide bonds. The van der Waals surface area contributed by atoms with E-state index in [9.17, 15) is 15.3 Å². The number of hydrogen-bond donors (Lipinski definition) is 0. The Kier molecular flexibility index (Phi) is 4.01. The summed E-state index contributed by atoms with van der Waals surface area (Å²) in [5.74, 6) is 0.219. The SMILES string of the molecule is COc1ccc2c(c1)C(=C(C#N)C#N)C(=O)N2Cc1ccccc1. The molecule has 3 rings (SSSR count). The van der Waals surface area contributed by atoms with Gasteiger partial charge < -0.3 is 9.64 Å². The third-order valence-corrected chi connectivity index (χ3v) is 3.88. The van der Waals surface area contributed by atoms with Gasteiger partial charge in [0.2, 0.25) is 0 Å². The summed E-state index contributed by atoms with van der Waals surface area (Å²) in [6.07, 6.45) is 0. The average Bonchev–Trinajstić information content (AvgIpc) is 2.89. The van der Waals surface area contributed by atoms with E-state index in [-0.39, 0.29) is 17.1 Å². The fourth-order valence-electron chi connectivity index (χ4n) is 2.74. The summed E-state index contributed by atoms with van der Waals surface area (Å²) in [4.78, 5) is 14.4. The van der Waals surface area contributed by atoms with Crippen molar-refractivity contribution in [3.63, 3.8) is 0 Å². The van der Waals surface area contributed by atoms with Crippen molar-refractivity contribution in [2.75, 3.05) is 12.0 Å². The number of allylic oxidation sites excluding steroid dienone is 1. The molecular formula is C19H13N3O2. The maximum absolute atomic E-state index is 12.9. The smallest absolute Gasteiger partial charge is 0.261 e. The zero-order valence-electron chi connectivity index (χ0n) is 13.0. The van der Waals surface area contributed by atoms with Crippen molar-refractivity contribution >= 4 is 17.2 Å². The number of anilines is 1. The number of fused-ring (bicyclic) bond motifs is 1. The average molecular weight is 315 g/mol. The lowest BCUT2D eigenvalue weighted by Crippen LogP contribution is -2.26. The van der Waals surface area contributed by atoms with Gasteiger partial charge in [0.25, 0.3) is 5.91 Å². The molecule has 0 aliphatic carbocycles. The lowest BCUT2D eigenvalue weighted by molar-refractivity contribution is -0.113. The minimum Gasteiger partial charge on any atom is -0.497 e. The molecule has 0 N–H and O–H groups in total. The summed E-state index contributed by atoms with van der Waals surface area (Å²) in [7, 11) is 1.53. The highest BCUT2D eigenvalue weighted by Crippen LogP contribution is 2.41. The molecule has 2 aromatic rings. The summed E-state index contributed by atoms with van der Waals surface area (Å²) in [5, 5.41) is 18.4. The maximum Gasteiger partial charge on any atom is 0.261 e. The number of carbonyl (C=O) groups is 1. The number of nitrogens with zero attached hydrogens (tertiary/aromatic N) is 3. The van der Waals surface area contributed by atoms with Crippen LogP contribution in [0.1, 0.15) is 11.1 Å². The van der Waals surface area contributed by atoms with Gasteiger partial charge in [0.15, 0.2) is 0 Å². The number of ether oxygens (including phenoxy) is 1. The number of nitriles is 2. The van der Waals surface area contributed by atoms with Crippen LogP contribution in [0.25, 0.3) is 5.57 Å². The van der Waals surface area contributed by atoms with Crippen molar-refractivity contribution in [2.24, 2.45) is 0 Å². The molecule has 0 spiro atoms. The third kappa shape index (κ3) is 2.49. The molecular weight excluding hydrogens is 302 g/mol. The van der Waals surface area contributed by atoms with Gasteiger partial charge in [-0.15, -0.1) is 0 Å². The van der Waals surface area contributed by atoms with Gasteiger partial charge in [0.05, 0.1) is 24.9 Å². The van der Waals surface area contributed by atoms with Crippen molar-refractivity contribution in [3.8, 4) is 17.9 Å². The Morgan fingerprint density at radius 2 is 1.83 bits per heavy atom. The van der Waals surface area contributed by atoms with Crippen LogP contribution in [0.15, 0.2) is 54.1 Å². The van der Waals surface area contributed by atoms with Crippen LogP contribution >= 0.6 is 0 Å². The largest absolute Gasteiger partial charge is 0.497 e. The highest BCUT2D eigenvalue weighted by atomic mass is 16.5. The second-order valence-corrected chi connectivity index (χ2v) is 5.23. The van der Waals surface area contributed by atoms with Gasteiger partial charge in [-0.1, -0.05) is 30.3 Å². The Labute approximate surface area is 139 Å². The second kappa shape index (κ2) is 6.28. The molecule has 0 bridgehead atoms. The topological polar surface area (TPSA) is 77.1 Å². The first-order chi connectivity index (χ1) is 11.7. The standard InChI is InChI=1S/C19H13N3O2/c1-24-15-7-8-17-16(9-15)18(14(10-20)11-21)19(23)22(17)12-13-5-3-2-4-6-13/h2-9H,12H2,1H3. The number of amides is 1. The molecule has 0 atom stereocenters. The van der Waals surface area contributed by atoms with Crippen LogP contribution in [0.4, 0.5) is 5.69 Å². The van der Waals surface area contributed by atoms with Crippen LogP contribution in [0.3, 0.4) is 0 Å². The Morgan fingerprint density at radius 3 is 2.46 bits per heavy atom. The van der Waals surface area contributed by atoms with Gasteiger partial charge >= 0.3 is 0 Å². The van der Waals surface area contributed by atoms with Crippen LogP contribution in [0.5, 0.6) is 5.75 Å². The van der Waals surface area contributed by atoms with Crippen LogP contribution in [-0.2, 0) is 11.3 Å². The van der Waals surface area contributed by atoms with Gasteiger partial charge in [-0.05, 0) is 23.8 Å². The summed E-state index contributed by atoms with van der Waals surface area (Å²) in [6, 6.07) is 18.4. The second-order valence-electron chi connectivity index (χ2n) is 5.23. The van der Waals surface area contributed by atoms with Gasteiger partial charge in [-0.2, -0.15) is 10.5 Å². The molecule has 0 unspecified atom stereocenters. The number of benzene rings is 2. The van der Waals surface area contributed by atoms with Crippen molar-refractivity contribution < 1.29 is 9.53 Å². The normalized spacial score (nSPS) is 12.4. The Hall–Kier alpha value is -3.57. The van der Waals surface area contributed by atoms with Crippen LogP contribution in [-0.4, -0.2) is 13.0 Å². The van der Waals surface area contributed by atoms with Crippen LogP contribution in [0.2, 0.25) is 0 Å². The van der Waals surface area contributed by atoms with Crippen molar-refractivity contribution in [1.29, 1.82) is 10.5 Å². The highest BCUT2D eigenvalue weighted by Gasteiger charge is 2.35. The van der Waals surface area contributed by atoms with E-state index >= 15 is 0 Å². The van der Waals surface area contributed by atoms with E-state index in [2.05, 4.69) is 0 Å². The molecule has 0 saturated carbocycles. The minimum absolute atomic E-state index is 0.129. The molecule has 0 fully saturated rings. The van der Waals surface area contributed by atoms with Gasteiger partial charge in [0, 0.05) is 5.56 Å². The molecule has 1 aliphatic heterocycles. The monoisotopic (exact) mass is 315 g/mol. The Morgan fingerprint density at radius 1 is 1.12 bits per heavy atom. The first-order valence-electron chi connectivity index (χ1n) is 7.28. The summed E-state index contributed by atoms with van der Waals surface area (Å²) in [6.45, 7) is 0.368. The fourth-order valence-corrected chi connectivity index (χ4v) is 2.74. The molecule has 1 heterocycles. The molecule has 0 saturated heterocycles. The van der Waals surface area contributed by atoms with Crippen LogP contribution < -0.4 is 9.64 Å². The highest BCUT2D eigenvalue weighted by molar-refractivity contribution is 6.34. The minimum atomic E-state index is -0.347. The number of rotatable bonds is 3. The van der Waals surface area contributed by atoms with E-state index in [4.69, 9.17) is 4.74 Å². The Balaban J connectivity index is 2.15. The third-order valence-electron chi connectivity index (χ3n) is 3.88. The molecule has 2 aromatic carbocycles. The van der Waals surface area contributed by atoms with Gasteiger partial charge in [0.1, 0.15) is 23.5 Å². The van der Waals surface area contributed by atoms with Gasteiger partial charge in [-0.25, -0.2) is 0 Å². The Bertz CT molecular complexity index is 902. The van der Waals surface area contributed by atoms with Crippen molar-refractivity contribution in [1.82, 2.24) is 0 Å². The predicted octanol–water partition coefficient (Wildman–Crippen LogP) is 3.04. The van der Waals surface area contributed by atoms with E-state index < -0.39 is 0 Å². The lowest BCUT2D eigenvalue weighted by Gasteiger charge is -2.17. The zero-order valence-corrected chi connectivity index (χ0v) is 13.0. The van der Waals surface area contributed by atoms with Crippen molar-refractivity contribution in [2.45, 2.75) is 6.54 Å². The maximum atomic E-state index is 12.9. The lowest BCUT2D eigenvalue weighted by atomic mass is 10.0. The molecule has 5 nitrogen and oxygen atoms in total. The van der Waals surface area contributed by atoms with E-state index in [0.717, 1.165) is 5.56 Å². The number of methoxy groups -OCH3 is 1. The molecule has 24 heavy (non-hydrogen) atoms. The number of hydrogen-bond acceptors (Lipinski definition) is 4. The quantitative estimate of drug-likeness (QED) is 0.644. The number of carbonyl (C=O) groups excluding carboxylic acids is 1. The van der Waals surface area contributed by atoms with E-state index in [1.165, 1.54) is 7.11 Å². The van der Waals surface area contributed by atoms with E-state index in [1.54, 1.807) is 23.1 Å². The molecule has 0 aromatic heterocycles. The molecule has 116 valence electrons. The fraction of sp³-hybridized carbons (Fsp3) is 0.105. The van der Waals surface area contributed by atoms with Crippen LogP contribution in [0, 0.1) is 22.7 Å². The molecule has 1 aliphatic rings. The van der Waals surface area contributed by atoms with E-state index in [0.29, 0.717) is 23.5 Å². The first kappa shape index (κ1) is 15.3. The van der Waals surface area contributed by atoms with Gasteiger partial charge in [-0.3, -0.25) is 4.79 Å². The predicted molar refractivity (Wildman–Crippen MR) is 88.8 cm³/mol. The zero-order chi connectivity index (χ0) is 17.1. The molecule has 5 heteroatoms. The molecule has 0 radical (unpaired) electrons. The van der Waals surface area contributed by atoms with E-state index in [1.807, 2.05) is 42.5 Å². The van der Waals surface area contributed by atoms with Crippen molar-refractivity contribution in [3.05, 3.63) is 65.2 Å². The summed E-state index contributed by atoms with van der Waals surface area (Å²) in [5.41, 5.74) is 2.12. The first-order valence-corrected chi connectivity index (χ1v) is 7.28. The summed E-state index contributed by atoms with van der Waals surface area (Å²) >= 11 is 0. The summed E-state index contributed by atoms with van der Waals surface area (Å²) < 4.78 is 5.21.